The van der Waals surface area contributed by atoms with Gasteiger partial charge in [-0.2, -0.15) is 0 Å². The molecule has 1 rings (SSSR count). The third kappa shape index (κ3) is 7.14. The Balaban J connectivity index is 2.96. The fourth-order valence-corrected chi connectivity index (χ4v) is 5.08. The van der Waals surface area contributed by atoms with Gasteiger partial charge in [-0.3, -0.25) is 4.79 Å². The first-order chi connectivity index (χ1) is 12.9. The second-order valence-corrected chi connectivity index (χ2v) is 20.9. The van der Waals surface area contributed by atoms with E-state index in [1.54, 1.807) is 0 Å². The fraction of sp³-hybridized carbons (Fsp3) is 0.952. The number of carbonyl (C=O) groups is 1. The first-order valence-electron chi connectivity index (χ1n) is 10.7. The van der Waals surface area contributed by atoms with Crippen LogP contribution in [0.25, 0.3) is 0 Å². The van der Waals surface area contributed by atoms with E-state index in [0.717, 1.165) is 0 Å². The molecule has 1 saturated heterocycles. The molecular weight excluding hydrogens is 404 g/mol. The zero-order valence-corrected chi connectivity index (χ0v) is 22.4. The lowest BCUT2D eigenvalue weighted by Gasteiger charge is -2.41. The van der Waals surface area contributed by atoms with Gasteiger partial charge in [0.2, 0.25) is 0 Å². The number of hydrogen-bond acceptors (Lipinski definition) is 5. The molecule has 6 nitrogen and oxygen atoms in total. The van der Waals surface area contributed by atoms with Gasteiger partial charge in [0.1, 0.15) is 6.10 Å². The molecule has 0 amide bonds. The number of carboxylic acids is 1. The summed E-state index contributed by atoms with van der Waals surface area (Å²) >= 11 is 0. The van der Waals surface area contributed by atoms with E-state index in [1.807, 2.05) is 0 Å². The predicted molar refractivity (Wildman–Crippen MR) is 121 cm³/mol. The number of aliphatic carboxylic acids is 1. The average Bonchev–Trinajstić information content (AvgIpc) is 2.79. The Morgan fingerprint density at radius 3 is 1.97 bits per heavy atom. The Bertz CT molecular complexity index is 550. The van der Waals surface area contributed by atoms with Crippen molar-refractivity contribution in [3.63, 3.8) is 0 Å². The van der Waals surface area contributed by atoms with Gasteiger partial charge in [-0.05, 0) is 36.3 Å². The standard InChI is InChI=1S/C21H44O6Si2/c1-15-18(27-29(10,11)21(5,6)7)16(14-25-28(8,9)20(2,3)4)26-19(15)24-13-12-17(22)23/h15-16,18-19H,12-14H2,1-11H3,(H,22,23)/t15?,16-,18?,19-/m1/s1. The molecule has 0 spiro atoms. The average molecular weight is 449 g/mol. The molecule has 8 heteroatoms. The predicted octanol–water partition coefficient (Wildman–Crippen LogP) is 5.25. The number of ether oxygens (including phenoxy) is 2. The second kappa shape index (κ2) is 9.48. The van der Waals surface area contributed by atoms with Crippen molar-refractivity contribution in [3.8, 4) is 0 Å². The SMILES string of the molecule is CC1C(O[Si](C)(C)C(C)(C)C)[C@@H](CO[Si](C)(C)C(C)(C)C)O[C@H]1OCCC(=O)O. The van der Waals surface area contributed by atoms with E-state index in [0.29, 0.717) is 6.61 Å². The summed E-state index contributed by atoms with van der Waals surface area (Å²) in [5.41, 5.74) is 0. The quantitative estimate of drug-likeness (QED) is 0.486. The lowest BCUT2D eigenvalue weighted by atomic mass is 10.0. The van der Waals surface area contributed by atoms with Crippen molar-refractivity contribution in [3.05, 3.63) is 0 Å². The first kappa shape index (κ1) is 26.8. The molecule has 1 aliphatic heterocycles. The maximum Gasteiger partial charge on any atom is 0.305 e. The summed E-state index contributed by atoms with van der Waals surface area (Å²) < 4.78 is 25.2. The van der Waals surface area contributed by atoms with Crippen LogP contribution in [0.1, 0.15) is 54.9 Å². The van der Waals surface area contributed by atoms with Crippen molar-refractivity contribution in [1.29, 1.82) is 0 Å². The second-order valence-electron chi connectivity index (χ2n) is 11.3. The van der Waals surface area contributed by atoms with Crippen molar-refractivity contribution in [2.45, 2.75) is 110 Å². The minimum Gasteiger partial charge on any atom is -0.481 e. The monoisotopic (exact) mass is 448 g/mol. The normalized spacial score (nSPS) is 26.7. The molecule has 1 aliphatic rings. The summed E-state index contributed by atoms with van der Waals surface area (Å²) in [5.74, 6) is -0.867. The molecule has 1 fully saturated rings. The molecule has 2 unspecified atom stereocenters. The largest absolute Gasteiger partial charge is 0.481 e. The lowest BCUT2D eigenvalue weighted by molar-refractivity contribution is -0.160. The lowest BCUT2D eigenvalue weighted by Crippen LogP contribution is -2.49. The van der Waals surface area contributed by atoms with Crippen LogP contribution in [0, 0.1) is 5.92 Å². The molecule has 0 saturated carbocycles. The van der Waals surface area contributed by atoms with Gasteiger partial charge >= 0.3 is 5.97 Å². The molecular formula is C21H44O6Si2. The van der Waals surface area contributed by atoms with Gasteiger partial charge in [-0.15, -0.1) is 0 Å². The van der Waals surface area contributed by atoms with Crippen LogP contribution in [-0.2, 0) is 23.1 Å². The Morgan fingerprint density at radius 1 is 1.00 bits per heavy atom. The summed E-state index contributed by atoms with van der Waals surface area (Å²) in [5, 5.41) is 9.09. The number of hydrogen-bond donors (Lipinski definition) is 1. The Kier molecular flexibility index (Phi) is 8.76. The molecule has 0 aromatic rings. The van der Waals surface area contributed by atoms with E-state index in [4.69, 9.17) is 23.4 Å². The number of rotatable bonds is 9. The topological polar surface area (TPSA) is 74.2 Å². The van der Waals surface area contributed by atoms with E-state index < -0.39 is 28.9 Å². The molecule has 4 atom stereocenters. The van der Waals surface area contributed by atoms with Crippen LogP contribution in [0.4, 0.5) is 0 Å². The summed E-state index contributed by atoms with van der Waals surface area (Å²) in [6, 6.07) is 0. The van der Waals surface area contributed by atoms with Crippen molar-refractivity contribution in [2.24, 2.45) is 5.92 Å². The maximum absolute atomic E-state index is 10.8. The molecule has 1 heterocycles. The highest BCUT2D eigenvalue weighted by atomic mass is 28.4. The van der Waals surface area contributed by atoms with E-state index in [1.165, 1.54) is 0 Å². The van der Waals surface area contributed by atoms with Crippen LogP contribution in [0.2, 0.25) is 36.3 Å². The van der Waals surface area contributed by atoms with Gasteiger partial charge < -0.3 is 23.4 Å². The minimum absolute atomic E-state index is 0.00550. The molecule has 0 radical (unpaired) electrons. The molecule has 0 aliphatic carbocycles. The van der Waals surface area contributed by atoms with Crippen LogP contribution in [-0.4, -0.2) is 59.4 Å². The van der Waals surface area contributed by atoms with Crippen LogP contribution in [0.15, 0.2) is 0 Å². The van der Waals surface area contributed by atoms with Gasteiger partial charge in [0.15, 0.2) is 22.9 Å². The minimum atomic E-state index is -2.02. The molecule has 29 heavy (non-hydrogen) atoms. The van der Waals surface area contributed by atoms with E-state index in [-0.39, 0.29) is 41.2 Å². The van der Waals surface area contributed by atoms with Crippen LogP contribution < -0.4 is 0 Å². The zero-order valence-electron chi connectivity index (χ0n) is 20.4. The van der Waals surface area contributed by atoms with Gasteiger partial charge in [0.05, 0.1) is 25.7 Å². The first-order valence-corrected chi connectivity index (χ1v) is 16.5. The van der Waals surface area contributed by atoms with Gasteiger partial charge in [0, 0.05) is 5.92 Å². The van der Waals surface area contributed by atoms with E-state index in [9.17, 15) is 4.79 Å². The Hall–Kier alpha value is -0.256. The van der Waals surface area contributed by atoms with Gasteiger partial charge in [-0.1, -0.05) is 48.5 Å². The van der Waals surface area contributed by atoms with Crippen molar-refractivity contribution in [2.75, 3.05) is 13.2 Å². The third-order valence-corrected chi connectivity index (χ3v) is 15.8. The highest BCUT2D eigenvalue weighted by Crippen LogP contribution is 2.42. The zero-order chi connectivity index (χ0) is 22.8. The molecule has 0 aromatic heterocycles. The molecule has 172 valence electrons. The summed E-state index contributed by atoms with van der Waals surface area (Å²) in [6.45, 7) is 24.9. The molecule has 0 bridgehead atoms. The highest BCUT2D eigenvalue weighted by molar-refractivity contribution is 6.74. The molecule has 1 N–H and O–H groups in total. The molecule has 0 aromatic carbocycles. The van der Waals surface area contributed by atoms with Crippen LogP contribution in [0.3, 0.4) is 0 Å². The fourth-order valence-electron chi connectivity index (χ4n) is 2.66. The van der Waals surface area contributed by atoms with Crippen LogP contribution >= 0.6 is 0 Å². The summed E-state index contributed by atoms with van der Waals surface area (Å²) in [7, 11) is -3.94. The Morgan fingerprint density at radius 2 is 1.52 bits per heavy atom. The summed E-state index contributed by atoms with van der Waals surface area (Å²) in [4.78, 5) is 10.8. The summed E-state index contributed by atoms with van der Waals surface area (Å²) in [6.07, 6.45) is -0.860. The third-order valence-electron chi connectivity index (χ3n) is 6.87. The van der Waals surface area contributed by atoms with Gasteiger partial charge in [-0.25, -0.2) is 0 Å². The number of carboxylic acid groups (broad SMARTS) is 1. The maximum atomic E-state index is 10.8. The van der Waals surface area contributed by atoms with E-state index in [2.05, 4.69) is 74.7 Å². The van der Waals surface area contributed by atoms with Crippen LogP contribution in [0.5, 0.6) is 0 Å². The van der Waals surface area contributed by atoms with Crippen molar-refractivity contribution >= 4 is 22.6 Å². The Labute approximate surface area is 179 Å². The van der Waals surface area contributed by atoms with E-state index >= 15 is 0 Å². The van der Waals surface area contributed by atoms with Crippen molar-refractivity contribution in [1.82, 2.24) is 0 Å². The highest BCUT2D eigenvalue weighted by Gasteiger charge is 2.49. The van der Waals surface area contributed by atoms with Crippen molar-refractivity contribution < 1.29 is 28.2 Å². The smallest absolute Gasteiger partial charge is 0.305 e. The van der Waals surface area contributed by atoms with Gasteiger partial charge in [0.25, 0.3) is 0 Å².